The highest BCUT2D eigenvalue weighted by molar-refractivity contribution is 5.56. The molecule has 0 fully saturated rings. The lowest BCUT2D eigenvalue weighted by molar-refractivity contribution is 0.292. The Morgan fingerprint density at radius 2 is 2.00 bits per heavy atom. The second kappa shape index (κ2) is 8.19. The Balaban J connectivity index is 2.04. The Labute approximate surface area is 151 Å². The highest BCUT2D eigenvalue weighted by atomic mass is 16.3. The molecule has 1 aliphatic carbocycles. The van der Waals surface area contributed by atoms with E-state index < -0.39 is 0 Å². The maximum atomic E-state index is 10.2. The topological polar surface area (TPSA) is 48.9 Å². The van der Waals surface area contributed by atoms with Crippen molar-refractivity contribution < 1.29 is 5.11 Å². The standard InChI is InChI=1S/C22H30N2O/c1-16(11-12-20-21(25)10-7-13-22(20,4)5)8-6-9-17(2)14-19-15-23-24-18(19)3/h6,8-9,11-12,14-15,25H,7,10,13H2,1-5H3,(H,23,24)/b9-6+,12-11+,16-8+,17-14+. The number of aryl methyl sites for hydroxylation is 1. The first-order valence-corrected chi connectivity index (χ1v) is 8.93. The molecule has 25 heavy (non-hydrogen) atoms. The van der Waals surface area contributed by atoms with Gasteiger partial charge in [-0.15, -0.1) is 0 Å². The van der Waals surface area contributed by atoms with Crippen molar-refractivity contribution in [3.8, 4) is 0 Å². The molecule has 0 saturated carbocycles. The number of hydrogen-bond donors (Lipinski definition) is 2. The van der Waals surface area contributed by atoms with Crippen LogP contribution in [0.4, 0.5) is 0 Å². The van der Waals surface area contributed by atoms with E-state index in [9.17, 15) is 5.11 Å². The molecule has 0 aliphatic heterocycles. The summed E-state index contributed by atoms with van der Waals surface area (Å²) in [4.78, 5) is 0. The number of nitrogens with one attached hydrogen (secondary N) is 1. The van der Waals surface area contributed by atoms with Crippen molar-refractivity contribution in [2.75, 3.05) is 0 Å². The van der Waals surface area contributed by atoms with Crippen LogP contribution in [0.1, 0.15) is 58.2 Å². The van der Waals surface area contributed by atoms with Gasteiger partial charge in [0.05, 0.1) is 12.0 Å². The Hall–Kier alpha value is -2.29. The van der Waals surface area contributed by atoms with Gasteiger partial charge >= 0.3 is 0 Å². The van der Waals surface area contributed by atoms with Crippen molar-refractivity contribution in [2.24, 2.45) is 5.41 Å². The van der Waals surface area contributed by atoms with Crippen LogP contribution in [-0.2, 0) is 0 Å². The van der Waals surface area contributed by atoms with E-state index in [4.69, 9.17) is 0 Å². The summed E-state index contributed by atoms with van der Waals surface area (Å²) in [6, 6.07) is 0. The number of nitrogens with zero attached hydrogens (tertiary/aromatic N) is 1. The molecule has 0 saturated heterocycles. The summed E-state index contributed by atoms with van der Waals surface area (Å²) in [5.74, 6) is 0.546. The molecule has 0 aromatic carbocycles. The molecule has 1 aliphatic rings. The molecule has 3 nitrogen and oxygen atoms in total. The lowest BCUT2D eigenvalue weighted by Gasteiger charge is -2.31. The van der Waals surface area contributed by atoms with Gasteiger partial charge in [-0.2, -0.15) is 5.10 Å². The van der Waals surface area contributed by atoms with E-state index in [1.165, 1.54) is 5.57 Å². The van der Waals surface area contributed by atoms with E-state index >= 15 is 0 Å². The van der Waals surface area contributed by atoms with E-state index in [-0.39, 0.29) is 5.41 Å². The summed E-state index contributed by atoms with van der Waals surface area (Å²) in [7, 11) is 0. The van der Waals surface area contributed by atoms with Crippen LogP contribution in [-0.4, -0.2) is 15.3 Å². The van der Waals surface area contributed by atoms with Crippen LogP contribution in [0.25, 0.3) is 6.08 Å². The van der Waals surface area contributed by atoms with Crippen molar-refractivity contribution in [1.82, 2.24) is 10.2 Å². The number of allylic oxidation sites excluding steroid dienone is 9. The van der Waals surface area contributed by atoms with E-state index in [1.54, 1.807) is 0 Å². The predicted octanol–water partition coefficient (Wildman–Crippen LogP) is 6.20. The van der Waals surface area contributed by atoms with E-state index in [0.29, 0.717) is 5.76 Å². The summed E-state index contributed by atoms with van der Waals surface area (Å²) in [6.45, 7) is 10.6. The van der Waals surface area contributed by atoms with Gasteiger partial charge in [-0.05, 0) is 50.7 Å². The molecule has 2 N–H and O–H groups in total. The van der Waals surface area contributed by atoms with Gasteiger partial charge in [-0.25, -0.2) is 0 Å². The Bertz CT molecular complexity index is 755. The van der Waals surface area contributed by atoms with Crippen LogP contribution >= 0.6 is 0 Å². The number of hydrogen-bond acceptors (Lipinski definition) is 2. The van der Waals surface area contributed by atoms with Crippen LogP contribution in [0, 0.1) is 12.3 Å². The van der Waals surface area contributed by atoms with Gasteiger partial charge in [-0.1, -0.05) is 55.4 Å². The van der Waals surface area contributed by atoms with Crippen LogP contribution in [0.3, 0.4) is 0 Å². The molecule has 0 unspecified atom stereocenters. The summed E-state index contributed by atoms with van der Waals surface area (Å²) in [5.41, 5.74) is 5.64. The van der Waals surface area contributed by atoms with Crippen molar-refractivity contribution in [2.45, 2.75) is 53.9 Å². The van der Waals surface area contributed by atoms with E-state index in [1.807, 2.05) is 13.1 Å². The van der Waals surface area contributed by atoms with Crippen molar-refractivity contribution in [3.05, 3.63) is 70.3 Å². The van der Waals surface area contributed by atoms with Crippen LogP contribution in [0.5, 0.6) is 0 Å². The number of aliphatic hydroxyl groups excluding tert-OH is 1. The van der Waals surface area contributed by atoms with Gasteiger partial charge in [-0.3, -0.25) is 5.10 Å². The molecule has 0 atom stereocenters. The van der Waals surface area contributed by atoms with Crippen LogP contribution in [0.15, 0.2) is 59.1 Å². The number of aliphatic hydroxyl groups is 1. The number of rotatable bonds is 5. The zero-order valence-corrected chi connectivity index (χ0v) is 16.1. The number of aromatic amines is 1. The molecule has 1 aromatic rings. The quantitative estimate of drug-likeness (QED) is 0.628. The second-order valence-electron chi connectivity index (χ2n) is 7.54. The highest BCUT2D eigenvalue weighted by Crippen LogP contribution is 2.40. The normalized spacial score (nSPS) is 19.4. The van der Waals surface area contributed by atoms with Gasteiger partial charge < -0.3 is 5.11 Å². The van der Waals surface area contributed by atoms with Gasteiger partial charge in [0, 0.05) is 17.7 Å². The molecule has 1 aromatic heterocycles. The zero-order valence-electron chi connectivity index (χ0n) is 16.1. The van der Waals surface area contributed by atoms with Crippen LogP contribution < -0.4 is 0 Å². The largest absolute Gasteiger partial charge is 0.512 e. The molecule has 0 amide bonds. The Kier molecular flexibility index (Phi) is 6.24. The minimum absolute atomic E-state index is 0.0523. The SMILES string of the molecule is CC(/C=C/C1=C(O)CCCC1(C)C)=C\C=C\C(C)=C\c1cn[nH]c1C. The zero-order chi connectivity index (χ0) is 18.4. The molecule has 3 heteroatoms. The van der Waals surface area contributed by atoms with Gasteiger partial charge in [0.1, 0.15) is 0 Å². The maximum Gasteiger partial charge on any atom is 0.0959 e. The average Bonchev–Trinajstić information content (AvgIpc) is 2.91. The molecule has 0 radical (unpaired) electrons. The van der Waals surface area contributed by atoms with Gasteiger partial charge in [0.2, 0.25) is 0 Å². The fourth-order valence-corrected chi connectivity index (χ4v) is 3.10. The number of H-pyrrole nitrogens is 1. The third kappa shape index (κ3) is 5.35. The summed E-state index contributed by atoms with van der Waals surface area (Å²) >= 11 is 0. The highest BCUT2D eigenvalue weighted by Gasteiger charge is 2.28. The second-order valence-corrected chi connectivity index (χ2v) is 7.54. The fourth-order valence-electron chi connectivity index (χ4n) is 3.10. The van der Waals surface area contributed by atoms with Gasteiger partial charge in [0.25, 0.3) is 0 Å². The Morgan fingerprint density at radius 3 is 2.64 bits per heavy atom. The van der Waals surface area contributed by atoms with Crippen LogP contribution in [0.2, 0.25) is 0 Å². The molecular weight excluding hydrogens is 308 g/mol. The first-order valence-electron chi connectivity index (χ1n) is 8.93. The molecule has 134 valence electrons. The third-order valence-corrected chi connectivity index (χ3v) is 4.74. The first-order chi connectivity index (χ1) is 11.8. The molecular formula is C22H30N2O. The smallest absolute Gasteiger partial charge is 0.0959 e. The lowest BCUT2D eigenvalue weighted by atomic mass is 9.74. The monoisotopic (exact) mass is 338 g/mol. The van der Waals surface area contributed by atoms with Crippen molar-refractivity contribution >= 4 is 6.08 Å². The van der Waals surface area contributed by atoms with E-state index in [0.717, 1.165) is 41.7 Å². The predicted molar refractivity (Wildman–Crippen MR) is 106 cm³/mol. The summed E-state index contributed by atoms with van der Waals surface area (Å²) in [5, 5.41) is 17.2. The fraction of sp³-hybridized carbons (Fsp3) is 0.409. The molecule has 2 rings (SSSR count). The molecule has 0 bridgehead atoms. The Morgan fingerprint density at radius 1 is 1.24 bits per heavy atom. The first kappa shape index (κ1) is 19.0. The van der Waals surface area contributed by atoms with Crippen molar-refractivity contribution in [1.29, 1.82) is 0 Å². The molecule has 0 spiro atoms. The van der Waals surface area contributed by atoms with E-state index in [2.05, 4.69) is 74.3 Å². The van der Waals surface area contributed by atoms with Crippen molar-refractivity contribution in [3.63, 3.8) is 0 Å². The number of aromatic nitrogens is 2. The maximum absolute atomic E-state index is 10.2. The average molecular weight is 338 g/mol. The third-order valence-electron chi connectivity index (χ3n) is 4.74. The summed E-state index contributed by atoms with van der Waals surface area (Å²) < 4.78 is 0. The lowest BCUT2D eigenvalue weighted by Crippen LogP contribution is -2.19. The minimum Gasteiger partial charge on any atom is -0.512 e. The minimum atomic E-state index is 0.0523. The molecule has 1 heterocycles. The summed E-state index contributed by atoms with van der Waals surface area (Å²) in [6.07, 6.45) is 17.3. The van der Waals surface area contributed by atoms with Gasteiger partial charge in [0.15, 0.2) is 0 Å².